The number of rotatable bonds is 3. The minimum atomic E-state index is -0.295. The third-order valence-corrected chi connectivity index (χ3v) is 5.44. The summed E-state index contributed by atoms with van der Waals surface area (Å²) in [5.74, 6) is 2.86. The van der Waals surface area contributed by atoms with Crippen molar-refractivity contribution in [3.8, 4) is 17.2 Å². The summed E-state index contributed by atoms with van der Waals surface area (Å²) in [6.07, 6.45) is 2.60. The van der Waals surface area contributed by atoms with Crippen LogP contribution in [0.4, 0.5) is 10.6 Å². The first-order chi connectivity index (χ1) is 14.3. The lowest BCUT2D eigenvalue weighted by Gasteiger charge is -2.21. The maximum atomic E-state index is 12.2. The van der Waals surface area contributed by atoms with Crippen LogP contribution in [0.3, 0.4) is 0 Å². The fraction of sp³-hybridized carbons (Fsp3) is 0.409. The number of anilines is 1. The van der Waals surface area contributed by atoms with Crippen LogP contribution in [0, 0.1) is 0 Å². The van der Waals surface area contributed by atoms with Gasteiger partial charge in [0.25, 0.3) is 0 Å². The lowest BCUT2D eigenvalue weighted by Crippen LogP contribution is -2.48. The summed E-state index contributed by atoms with van der Waals surface area (Å²) in [6, 6.07) is 7.31. The second-order valence-corrected chi connectivity index (χ2v) is 8.97. The van der Waals surface area contributed by atoms with Crippen molar-refractivity contribution in [2.45, 2.75) is 57.2 Å². The van der Waals surface area contributed by atoms with E-state index in [1.54, 1.807) is 12.3 Å². The van der Waals surface area contributed by atoms with Gasteiger partial charge in [-0.1, -0.05) is 0 Å². The fourth-order valence-corrected chi connectivity index (χ4v) is 4.08. The average Bonchev–Trinajstić information content (AvgIpc) is 3.16. The monoisotopic (exact) mass is 408 g/mol. The van der Waals surface area contributed by atoms with E-state index in [9.17, 15) is 9.59 Å². The standard InChI is InChI=1S/C22H24N4O4/c1-22(2,3)26-21(28)25-18-17-13-10-11(4-6-14(13)30-19(17)18)29-15-8-9-23-20-12(15)5-7-16(27)24-20/h4,6,8-10,17-19H,5,7H2,1-3H3,(H,23,24,27)(H2,25,26,28). The molecule has 1 fully saturated rings. The first-order valence-corrected chi connectivity index (χ1v) is 10.1. The number of nitrogens with one attached hydrogen (secondary N) is 3. The van der Waals surface area contributed by atoms with E-state index >= 15 is 0 Å². The minimum Gasteiger partial charge on any atom is -0.487 e. The van der Waals surface area contributed by atoms with Crippen molar-refractivity contribution >= 4 is 17.8 Å². The summed E-state index contributed by atoms with van der Waals surface area (Å²) < 4.78 is 12.1. The minimum absolute atomic E-state index is 0.0318. The van der Waals surface area contributed by atoms with Gasteiger partial charge in [0, 0.05) is 29.3 Å². The van der Waals surface area contributed by atoms with Gasteiger partial charge in [0.15, 0.2) is 0 Å². The molecule has 0 radical (unpaired) electrons. The Bertz CT molecular complexity index is 1050. The van der Waals surface area contributed by atoms with E-state index in [0.717, 1.165) is 16.9 Å². The van der Waals surface area contributed by atoms with Crippen LogP contribution < -0.4 is 25.4 Å². The number of amides is 3. The van der Waals surface area contributed by atoms with Crippen molar-refractivity contribution in [2.75, 3.05) is 5.32 Å². The molecule has 2 aromatic rings. The number of benzene rings is 1. The molecule has 1 aliphatic carbocycles. The molecule has 8 nitrogen and oxygen atoms in total. The van der Waals surface area contributed by atoms with Crippen LogP contribution in [0.1, 0.15) is 44.2 Å². The smallest absolute Gasteiger partial charge is 0.315 e. The van der Waals surface area contributed by atoms with E-state index in [-0.39, 0.29) is 35.5 Å². The molecular weight excluding hydrogens is 384 g/mol. The summed E-state index contributed by atoms with van der Waals surface area (Å²) in [6.45, 7) is 5.83. The molecule has 3 amide bonds. The third-order valence-electron chi connectivity index (χ3n) is 5.44. The Morgan fingerprint density at radius 2 is 2.10 bits per heavy atom. The zero-order valence-corrected chi connectivity index (χ0v) is 17.1. The summed E-state index contributed by atoms with van der Waals surface area (Å²) in [4.78, 5) is 28.0. The number of carbonyl (C=O) groups is 2. The highest BCUT2D eigenvalue weighted by molar-refractivity contribution is 5.93. The van der Waals surface area contributed by atoms with Crippen molar-refractivity contribution in [3.63, 3.8) is 0 Å². The first kappa shape index (κ1) is 18.7. The number of fused-ring (bicyclic) bond motifs is 4. The van der Waals surface area contributed by atoms with Crippen LogP contribution >= 0.6 is 0 Å². The molecule has 3 N–H and O–H groups in total. The third kappa shape index (κ3) is 3.42. The van der Waals surface area contributed by atoms with Crippen LogP contribution in [0.2, 0.25) is 0 Å². The Morgan fingerprint density at radius 1 is 1.27 bits per heavy atom. The molecule has 5 rings (SSSR count). The van der Waals surface area contributed by atoms with Gasteiger partial charge in [-0.2, -0.15) is 0 Å². The molecular formula is C22H24N4O4. The molecule has 156 valence electrons. The number of carbonyl (C=O) groups excluding carboxylic acids is 2. The van der Waals surface area contributed by atoms with Crippen molar-refractivity contribution in [3.05, 3.63) is 41.6 Å². The van der Waals surface area contributed by atoms with Crippen LogP contribution in [-0.4, -0.2) is 34.6 Å². The molecule has 0 spiro atoms. The Labute approximate surface area is 174 Å². The van der Waals surface area contributed by atoms with Gasteiger partial charge in [-0.25, -0.2) is 9.78 Å². The van der Waals surface area contributed by atoms with Gasteiger partial charge < -0.3 is 25.4 Å². The number of hydrogen-bond donors (Lipinski definition) is 3. The molecule has 1 saturated carbocycles. The van der Waals surface area contributed by atoms with E-state index in [4.69, 9.17) is 9.47 Å². The van der Waals surface area contributed by atoms with Gasteiger partial charge >= 0.3 is 6.03 Å². The summed E-state index contributed by atoms with van der Waals surface area (Å²) >= 11 is 0. The molecule has 0 bridgehead atoms. The molecule has 1 aromatic heterocycles. The molecule has 3 atom stereocenters. The van der Waals surface area contributed by atoms with Crippen LogP contribution in [0.5, 0.6) is 17.2 Å². The van der Waals surface area contributed by atoms with Crippen molar-refractivity contribution in [2.24, 2.45) is 0 Å². The molecule has 30 heavy (non-hydrogen) atoms. The van der Waals surface area contributed by atoms with Crippen LogP contribution in [0.15, 0.2) is 30.5 Å². The second-order valence-electron chi connectivity index (χ2n) is 8.97. The highest BCUT2D eigenvalue weighted by Crippen LogP contribution is 2.54. The molecule has 3 aliphatic rings. The SMILES string of the molecule is CC(C)(C)NC(=O)NC1C2Oc3ccc(Oc4ccnc5c4CCC(=O)N5)cc3C12. The van der Waals surface area contributed by atoms with Gasteiger partial charge in [0.1, 0.15) is 29.2 Å². The van der Waals surface area contributed by atoms with E-state index in [1.807, 2.05) is 39.0 Å². The molecule has 3 unspecified atom stereocenters. The molecule has 2 aliphatic heterocycles. The van der Waals surface area contributed by atoms with Gasteiger partial charge in [0.05, 0.1) is 12.0 Å². The van der Waals surface area contributed by atoms with Gasteiger partial charge in [-0.05, 0) is 51.5 Å². The Balaban J connectivity index is 1.31. The fourth-order valence-electron chi connectivity index (χ4n) is 4.08. The first-order valence-electron chi connectivity index (χ1n) is 10.1. The maximum absolute atomic E-state index is 12.2. The predicted octanol–water partition coefficient (Wildman–Crippen LogP) is 3.08. The maximum Gasteiger partial charge on any atom is 0.315 e. The van der Waals surface area contributed by atoms with E-state index in [1.165, 1.54) is 0 Å². The summed E-state index contributed by atoms with van der Waals surface area (Å²) in [5, 5.41) is 8.70. The van der Waals surface area contributed by atoms with Gasteiger partial charge in [-0.3, -0.25) is 4.79 Å². The normalized spacial score (nSPS) is 23.3. The summed E-state index contributed by atoms with van der Waals surface area (Å²) in [7, 11) is 0. The highest BCUT2D eigenvalue weighted by Gasteiger charge is 2.59. The van der Waals surface area contributed by atoms with E-state index in [2.05, 4.69) is 20.9 Å². The number of ether oxygens (including phenoxy) is 2. The number of pyridine rings is 1. The zero-order chi connectivity index (χ0) is 21.0. The molecule has 3 heterocycles. The lowest BCUT2D eigenvalue weighted by molar-refractivity contribution is -0.116. The molecule has 0 saturated heterocycles. The number of urea groups is 1. The number of nitrogens with zero attached hydrogens (tertiary/aromatic N) is 1. The van der Waals surface area contributed by atoms with Crippen molar-refractivity contribution < 1.29 is 19.1 Å². The quantitative estimate of drug-likeness (QED) is 0.725. The van der Waals surface area contributed by atoms with Gasteiger partial charge in [-0.15, -0.1) is 0 Å². The molecule has 1 aromatic carbocycles. The zero-order valence-electron chi connectivity index (χ0n) is 17.1. The van der Waals surface area contributed by atoms with Crippen molar-refractivity contribution in [1.29, 1.82) is 0 Å². The van der Waals surface area contributed by atoms with Crippen LogP contribution in [0.25, 0.3) is 0 Å². The number of aromatic nitrogens is 1. The average molecular weight is 408 g/mol. The highest BCUT2D eigenvalue weighted by atomic mass is 16.5. The van der Waals surface area contributed by atoms with Crippen molar-refractivity contribution in [1.82, 2.24) is 15.6 Å². The Hall–Kier alpha value is -3.29. The largest absolute Gasteiger partial charge is 0.487 e. The second kappa shape index (κ2) is 6.62. The topological polar surface area (TPSA) is 102 Å². The summed E-state index contributed by atoms with van der Waals surface area (Å²) in [5.41, 5.74) is 1.64. The number of hydrogen-bond acceptors (Lipinski definition) is 5. The van der Waals surface area contributed by atoms with E-state index < -0.39 is 0 Å². The predicted molar refractivity (Wildman–Crippen MR) is 110 cm³/mol. The van der Waals surface area contributed by atoms with E-state index in [0.29, 0.717) is 30.2 Å². The lowest BCUT2D eigenvalue weighted by atomic mass is 10.1. The Morgan fingerprint density at radius 3 is 2.90 bits per heavy atom. The molecule has 8 heteroatoms. The Kier molecular flexibility index (Phi) is 4.13. The van der Waals surface area contributed by atoms with Crippen LogP contribution in [-0.2, 0) is 11.2 Å². The van der Waals surface area contributed by atoms with Gasteiger partial charge in [0.2, 0.25) is 5.91 Å².